The molecule has 6 heteroatoms. The molecule has 0 bridgehead atoms. The first-order valence-corrected chi connectivity index (χ1v) is 9.15. The molecule has 2 aromatic rings. The molecular weight excluding hydrogens is 360 g/mol. The molecule has 0 radical (unpaired) electrons. The molecule has 148 valence electrons. The van der Waals surface area contributed by atoms with Gasteiger partial charge in [-0.15, -0.1) is 0 Å². The zero-order valence-electron chi connectivity index (χ0n) is 16.1. The third-order valence-corrected chi connectivity index (χ3v) is 4.88. The van der Waals surface area contributed by atoms with Crippen molar-refractivity contribution < 1.29 is 29.6 Å². The average Bonchev–Trinajstić information content (AvgIpc) is 2.67. The van der Waals surface area contributed by atoms with E-state index in [9.17, 15) is 20.1 Å². The number of fused-ring (bicyclic) bond motifs is 1. The van der Waals surface area contributed by atoms with Crippen molar-refractivity contribution >= 4 is 12.0 Å². The Morgan fingerprint density at radius 2 is 1.82 bits per heavy atom. The molecule has 0 fully saturated rings. The molecule has 1 atom stereocenters. The maximum atomic E-state index is 11.8. The van der Waals surface area contributed by atoms with E-state index in [1.807, 2.05) is 0 Å². The monoisotopic (exact) mass is 384 g/mol. The van der Waals surface area contributed by atoms with Crippen LogP contribution in [0.2, 0.25) is 0 Å². The van der Waals surface area contributed by atoms with Crippen molar-refractivity contribution in [3.8, 4) is 23.0 Å². The van der Waals surface area contributed by atoms with Crippen molar-refractivity contribution in [1.82, 2.24) is 0 Å². The van der Waals surface area contributed by atoms with Crippen molar-refractivity contribution in [2.75, 3.05) is 7.11 Å². The Morgan fingerprint density at radius 3 is 2.39 bits per heavy atom. The number of aromatic hydroxyl groups is 2. The van der Waals surface area contributed by atoms with Gasteiger partial charge in [-0.1, -0.05) is 13.8 Å². The van der Waals surface area contributed by atoms with Crippen LogP contribution in [0.5, 0.6) is 23.0 Å². The van der Waals surface area contributed by atoms with Gasteiger partial charge in [0.05, 0.1) is 12.7 Å². The van der Waals surface area contributed by atoms with Crippen molar-refractivity contribution in [1.29, 1.82) is 0 Å². The van der Waals surface area contributed by atoms with Crippen molar-refractivity contribution in [2.24, 2.45) is 5.92 Å². The number of ether oxygens (including phenoxy) is 2. The highest BCUT2D eigenvalue weighted by atomic mass is 16.5. The van der Waals surface area contributed by atoms with Crippen molar-refractivity contribution in [3.05, 3.63) is 52.8 Å². The standard InChI is InChI=1S/C22H24O6/c1-12(2)4-9-15-17(24)10-18(25)19-16(11-23)20(26)21(28-22(15)19)13-5-7-14(27-3)8-6-13/h5-8,10-12,16,24-26H,4,9H2,1-3H3. The molecule has 0 aliphatic carbocycles. The number of aliphatic hydroxyl groups excluding tert-OH is 1. The van der Waals surface area contributed by atoms with Crippen LogP contribution in [0, 0.1) is 5.92 Å². The highest BCUT2D eigenvalue weighted by Gasteiger charge is 2.35. The number of rotatable bonds is 6. The fourth-order valence-electron chi connectivity index (χ4n) is 3.30. The van der Waals surface area contributed by atoms with E-state index < -0.39 is 5.92 Å². The molecule has 0 saturated heterocycles. The number of methoxy groups -OCH3 is 1. The van der Waals surface area contributed by atoms with Crippen LogP contribution >= 0.6 is 0 Å². The lowest BCUT2D eigenvalue weighted by molar-refractivity contribution is -0.109. The van der Waals surface area contributed by atoms with Gasteiger partial charge in [-0.2, -0.15) is 0 Å². The molecule has 0 spiro atoms. The summed E-state index contributed by atoms with van der Waals surface area (Å²) in [5.74, 6) is -0.404. The molecule has 1 unspecified atom stereocenters. The summed E-state index contributed by atoms with van der Waals surface area (Å²) in [6.07, 6.45) is 1.85. The second-order valence-electron chi connectivity index (χ2n) is 7.23. The highest BCUT2D eigenvalue weighted by Crippen LogP contribution is 2.49. The molecular formula is C22H24O6. The summed E-state index contributed by atoms with van der Waals surface area (Å²) in [6, 6.07) is 8.02. The Morgan fingerprint density at radius 1 is 1.14 bits per heavy atom. The van der Waals surface area contributed by atoms with Crippen LogP contribution in [0.3, 0.4) is 0 Å². The number of benzene rings is 2. The van der Waals surface area contributed by atoms with Gasteiger partial charge >= 0.3 is 0 Å². The third-order valence-electron chi connectivity index (χ3n) is 4.88. The Labute approximate surface area is 163 Å². The Hall–Kier alpha value is -3.15. The second-order valence-corrected chi connectivity index (χ2v) is 7.23. The van der Waals surface area contributed by atoms with Gasteiger partial charge in [0.1, 0.15) is 35.2 Å². The van der Waals surface area contributed by atoms with E-state index >= 15 is 0 Å². The van der Waals surface area contributed by atoms with Gasteiger partial charge in [0, 0.05) is 17.2 Å². The third kappa shape index (κ3) is 3.50. The lowest BCUT2D eigenvalue weighted by Gasteiger charge is -2.28. The lowest BCUT2D eigenvalue weighted by atomic mass is 9.88. The van der Waals surface area contributed by atoms with Crippen LogP contribution < -0.4 is 9.47 Å². The van der Waals surface area contributed by atoms with Gasteiger partial charge in [-0.25, -0.2) is 0 Å². The number of aldehydes is 1. The summed E-state index contributed by atoms with van der Waals surface area (Å²) in [6.45, 7) is 4.13. The quantitative estimate of drug-likeness (QED) is 0.643. The molecule has 28 heavy (non-hydrogen) atoms. The Kier molecular flexibility index (Phi) is 5.49. The van der Waals surface area contributed by atoms with Gasteiger partial charge < -0.3 is 29.6 Å². The minimum atomic E-state index is -1.08. The maximum absolute atomic E-state index is 11.8. The van der Waals surface area contributed by atoms with Crippen molar-refractivity contribution in [2.45, 2.75) is 32.6 Å². The molecule has 0 amide bonds. The van der Waals surface area contributed by atoms with E-state index in [0.29, 0.717) is 35.5 Å². The summed E-state index contributed by atoms with van der Waals surface area (Å²) in [4.78, 5) is 11.8. The van der Waals surface area contributed by atoms with Crippen LogP contribution in [0.25, 0.3) is 5.76 Å². The van der Waals surface area contributed by atoms with Gasteiger partial charge in [0.15, 0.2) is 11.5 Å². The summed E-state index contributed by atoms with van der Waals surface area (Å²) < 4.78 is 11.1. The number of hydrogen-bond acceptors (Lipinski definition) is 6. The van der Waals surface area contributed by atoms with Crippen LogP contribution in [0.1, 0.15) is 42.9 Å². The molecule has 3 rings (SSSR count). The van der Waals surface area contributed by atoms with E-state index in [1.54, 1.807) is 31.4 Å². The second kappa shape index (κ2) is 7.84. The zero-order chi connectivity index (χ0) is 20.4. The first kappa shape index (κ1) is 19.6. The molecule has 0 aromatic heterocycles. The predicted octanol–water partition coefficient (Wildman–Crippen LogP) is 4.30. The van der Waals surface area contributed by atoms with E-state index in [2.05, 4.69) is 13.8 Å². The highest BCUT2D eigenvalue weighted by molar-refractivity contribution is 5.82. The fourth-order valence-corrected chi connectivity index (χ4v) is 3.30. The summed E-state index contributed by atoms with van der Waals surface area (Å²) in [5.41, 5.74) is 1.22. The van der Waals surface area contributed by atoms with Crippen LogP contribution in [-0.2, 0) is 11.2 Å². The molecule has 0 saturated carbocycles. The fraction of sp³-hybridized carbons (Fsp3) is 0.318. The summed E-state index contributed by atoms with van der Waals surface area (Å²) in [5, 5.41) is 31.4. The average molecular weight is 384 g/mol. The number of allylic oxidation sites excluding steroid dienone is 1. The minimum Gasteiger partial charge on any atom is -0.507 e. The van der Waals surface area contributed by atoms with E-state index in [0.717, 1.165) is 6.42 Å². The molecule has 1 aliphatic rings. The topological polar surface area (TPSA) is 96.2 Å². The number of hydrogen-bond donors (Lipinski definition) is 3. The van der Waals surface area contributed by atoms with Gasteiger partial charge in [-0.3, -0.25) is 0 Å². The normalized spacial score (nSPS) is 15.9. The van der Waals surface area contributed by atoms with Gasteiger partial charge in [0.25, 0.3) is 0 Å². The van der Waals surface area contributed by atoms with E-state index in [-0.39, 0.29) is 34.3 Å². The molecule has 2 aromatic carbocycles. The summed E-state index contributed by atoms with van der Waals surface area (Å²) >= 11 is 0. The number of carbonyl (C=O) groups is 1. The minimum absolute atomic E-state index is 0.1000. The number of phenolic OH excluding ortho intramolecular Hbond substituents is 2. The van der Waals surface area contributed by atoms with Crippen LogP contribution in [0.15, 0.2) is 36.1 Å². The Bertz CT molecular complexity index is 912. The molecule has 1 heterocycles. The Balaban J connectivity index is 2.14. The molecule has 6 nitrogen and oxygen atoms in total. The maximum Gasteiger partial charge on any atom is 0.173 e. The van der Waals surface area contributed by atoms with E-state index in [4.69, 9.17) is 9.47 Å². The molecule has 1 aliphatic heterocycles. The van der Waals surface area contributed by atoms with Crippen LogP contribution in [0.4, 0.5) is 0 Å². The zero-order valence-corrected chi connectivity index (χ0v) is 16.1. The van der Waals surface area contributed by atoms with Crippen LogP contribution in [-0.4, -0.2) is 28.7 Å². The lowest BCUT2D eigenvalue weighted by Crippen LogP contribution is -2.18. The number of carbonyl (C=O) groups excluding carboxylic acids is 1. The largest absolute Gasteiger partial charge is 0.507 e. The van der Waals surface area contributed by atoms with Gasteiger partial charge in [-0.05, 0) is 43.0 Å². The van der Waals surface area contributed by atoms with E-state index in [1.165, 1.54) is 6.07 Å². The SMILES string of the molecule is COc1ccc(C2=C(O)C(C=O)c3c(O)cc(O)c(CCC(C)C)c3O2)cc1. The first-order valence-electron chi connectivity index (χ1n) is 9.15. The molecule has 3 N–H and O–H groups in total. The number of aliphatic hydroxyl groups is 1. The predicted molar refractivity (Wildman–Crippen MR) is 105 cm³/mol. The van der Waals surface area contributed by atoms with Gasteiger partial charge in [0.2, 0.25) is 0 Å². The summed E-state index contributed by atoms with van der Waals surface area (Å²) in [7, 11) is 1.55. The first-order chi connectivity index (χ1) is 13.4. The number of phenols is 2. The smallest absolute Gasteiger partial charge is 0.173 e. The van der Waals surface area contributed by atoms with Crippen molar-refractivity contribution in [3.63, 3.8) is 0 Å².